The van der Waals surface area contributed by atoms with E-state index < -0.39 is 6.10 Å². The van der Waals surface area contributed by atoms with Crippen LogP contribution in [0, 0.1) is 5.92 Å². The lowest BCUT2D eigenvalue weighted by atomic mass is 9.84. The zero-order chi connectivity index (χ0) is 17.2. The third-order valence-corrected chi connectivity index (χ3v) is 5.54. The van der Waals surface area contributed by atoms with Crippen molar-refractivity contribution in [3.63, 3.8) is 0 Å². The summed E-state index contributed by atoms with van der Waals surface area (Å²) in [7, 11) is 0. The highest BCUT2D eigenvalue weighted by Gasteiger charge is 2.33. The fourth-order valence-electron chi connectivity index (χ4n) is 4.05. The average molecular weight is 339 g/mol. The minimum atomic E-state index is -0.849. The second-order valence-electron chi connectivity index (χ2n) is 7.23. The van der Waals surface area contributed by atoms with Crippen molar-refractivity contribution in [3.8, 4) is 11.4 Å². The van der Waals surface area contributed by atoms with Crippen molar-refractivity contribution < 1.29 is 9.90 Å². The minimum absolute atomic E-state index is 0.117. The lowest BCUT2D eigenvalue weighted by molar-refractivity contribution is -0.144. The second-order valence-corrected chi connectivity index (χ2v) is 7.23. The number of rotatable bonds is 3. The molecule has 5 nitrogen and oxygen atoms in total. The van der Waals surface area contributed by atoms with Crippen LogP contribution < -0.4 is 0 Å². The summed E-state index contributed by atoms with van der Waals surface area (Å²) in [5.74, 6) is 0.866. The van der Waals surface area contributed by atoms with Crippen molar-refractivity contribution in [2.24, 2.45) is 5.92 Å². The van der Waals surface area contributed by atoms with Crippen molar-refractivity contribution in [2.45, 2.75) is 51.2 Å². The van der Waals surface area contributed by atoms with Crippen LogP contribution in [0.3, 0.4) is 0 Å². The van der Waals surface area contributed by atoms with Gasteiger partial charge >= 0.3 is 0 Å². The Hall–Kier alpha value is -2.14. The van der Waals surface area contributed by atoms with Crippen LogP contribution in [0.4, 0.5) is 0 Å². The van der Waals surface area contributed by atoms with E-state index in [1.807, 2.05) is 30.3 Å². The molecule has 1 aliphatic carbocycles. The van der Waals surface area contributed by atoms with E-state index in [2.05, 4.69) is 4.98 Å². The number of aliphatic hydroxyl groups is 1. The highest BCUT2D eigenvalue weighted by atomic mass is 16.3. The summed E-state index contributed by atoms with van der Waals surface area (Å²) in [6, 6.07) is 10.0. The highest BCUT2D eigenvalue weighted by Crippen LogP contribution is 2.29. The van der Waals surface area contributed by atoms with Gasteiger partial charge in [0.25, 0.3) is 5.91 Å². The van der Waals surface area contributed by atoms with E-state index >= 15 is 0 Å². The fourth-order valence-corrected chi connectivity index (χ4v) is 4.05. The molecular formula is C20H25N3O2. The van der Waals surface area contributed by atoms with E-state index in [0.717, 1.165) is 54.9 Å². The molecule has 25 heavy (non-hydrogen) atoms. The Morgan fingerprint density at radius 1 is 1.20 bits per heavy atom. The molecule has 1 aromatic carbocycles. The van der Waals surface area contributed by atoms with Crippen molar-refractivity contribution in [2.75, 3.05) is 6.54 Å². The molecule has 0 saturated heterocycles. The van der Waals surface area contributed by atoms with Crippen molar-refractivity contribution in [1.29, 1.82) is 0 Å². The topological polar surface area (TPSA) is 69.2 Å². The number of hydrogen-bond donors (Lipinski definition) is 2. The van der Waals surface area contributed by atoms with E-state index in [-0.39, 0.29) is 11.8 Å². The number of benzene rings is 1. The summed E-state index contributed by atoms with van der Waals surface area (Å²) >= 11 is 0. The molecule has 2 N–H and O–H groups in total. The van der Waals surface area contributed by atoms with Gasteiger partial charge in [0.1, 0.15) is 11.9 Å². The monoisotopic (exact) mass is 339 g/mol. The van der Waals surface area contributed by atoms with E-state index in [1.54, 1.807) is 4.90 Å². The fraction of sp³-hybridized carbons (Fsp3) is 0.500. The van der Waals surface area contributed by atoms with Crippen molar-refractivity contribution in [3.05, 3.63) is 41.7 Å². The number of aromatic amines is 1. The Labute approximate surface area is 148 Å². The summed E-state index contributed by atoms with van der Waals surface area (Å²) in [4.78, 5) is 22.6. The number of carbonyl (C=O) groups excluding carboxylic acids is 1. The van der Waals surface area contributed by atoms with Crippen LogP contribution in [0.1, 0.15) is 43.5 Å². The van der Waals surface area contributed by atoms with E-state index in [4.69, 9.17) is 4.98 Å². The van der Waals surface area contributed by atoms with Gasteiger partial charge in [-0.05, 0) is 18.8 Å². The van der Waals surface area contributed by atoms with Crippen LogP contribution in [0.2, 0.25) is 0 Å². The minimum Gasteiger partial charge on any atom is -0.383 e. The molecular weight excluding hydrogens is 314 g/mol. The first-order valence-corrected chi connectivity index (χ1v) is 9.32. The van der Waals surface area contributed by atoms with Gasteiger partial charge in [-0.3, -0.25) is 4.79 Å². The third kappa shape index (κ3) is 3.33. The zero-order valence-electron chi connectivity index (χ0n) is 14.4. The number of nitrogens with zero attached hydrogens (tertiary/aromatic N) is 2. The van der Waals surface area contributed by atoms with Crippen LogP contribution in [-0.2, 0) is 17.8 Å². The van der Waals surface area contributed by atoms with E-state index in [0.29, 0.717) is 13.1 Å². The van der Waals surface area contributed by atoms with E-state index in [1.165, 1.54) is 6.42 Å². The maximum absolute atomic E-state index is 12.7. The second kappa shape index (κ2) is 7.00. The first kappa shape index (κ1) is 16.3. The lowest BCUT2D eigenvalue weighted by Gasteiger charge is -2.32. The number of nitrogens with one attached hydrogen (secondary N) is 1. The molecule has 0 radical (unpaired) electrons. The highest BCUT2D eigenvalue weighted by molar-refractivity contribution is 5.81. The number of imidazole rings is 1. The molecule has 2 aromatic rings. The number of fused-ring (bicyclic) bond motifs is 1. The largest absolute Gasteiger partial charge is 0.383 e. The molecule has 1 amide bonds. The Morgan fingerprint density at radius 3 is 2.72 bits per heavy atom. The van der Waals surface area contributed by atoms with Crippen LogP contribution in [0.25, 0.3) is 11.4 Å². The summed E-state index contributed by atoms with van der Waals surface area (Å²) in [5, 5.41) is 10.5. The van der Waals surface area contributed by atoms with Gasteiger partial charge in [0.15, 0.2) is 0 Å². The number of amides is 1. The molecule has 1 fully saturated rings. The molecule has 0 spiro atoms. The Bertz CT molecular complexity index is 735. The summed E-state index contributed by atoms with van der Waals surface area (Å²) in [6.07, 6.45) is 5.30. The molecule has 2 heterocycles. The van der Waals surface area contributed by atoms with Gasteiger partial charge in [-0.25, -0.2) is 4.98 Å². The van der Waals surface area contributed by atoms with Gasteiger partial charge in [-0.15, -0.1) is 0 Å². The number of carbonyl (C=O) groups is 1. The average Bonchev–Trinajstić information content (AvgIpc) is 3.11. The Morgan fingerprint density at radius 2 is 1.96 bits per heavy atom. The van der Waals surface area contributed by atoms with E-state index in [9.17, 15) is 9.90 Å². The SMILES string of the molecule is O=C([C@H](O)C1CCCCC1)N1CCc2nc(-c3ccccc3)[nH]c2C1. The normalized spacial score (nSPS) is 19.5. The molecule has 0 bridgehead atoms. The number of aromatic nitrogens is 2. The van der Waals surface area contributed by atoms with Gasteiger partial charge in [0, 0.05) is 18.5 Å². The van der Waals surface area contributed by atoms with Gasteiger partial charge in [0.05, 0.1) is 17.9 Å². The number of H-pyrrole nitrogens is 1. The first-order chi connectivity index (χ1) is 12.2. The Balaban J connectivity index is 1.47. The predicted octanol–water partition coefficient (Wildman–Crippen LogP) is 2.90. The summed E-state index contributed by atoms with van der Waals surface area (Å²) in [6.45, 7) is 1.15. The molecule has 1 aliphatic heterocycles. The van der Waals surface area contributed by atoms with Crippen LogP contribution in [0.5, 0.6) is 0 Å². The molecule has 2 aliphatic rings. The lowest BCUT2D eigenvalue weighted by Crippen LogP contribution is -2.45. The first-order valence-electron chi connectivity index (χ1n) is 9.32. The number of hydrogen-bond acceptors (Lipinski definition) is 3. The van der Waals surface area contributed by atoms with Gasteiger partial charge in [0.2, 0.25) is 0 Å². The smallest absolute Gasteiger partial charge is 0.252 e. The molecule has 0 unspecified atom stereocenters. The van der Waals surface area contributed by atoms with Gasteiger partial charge in [-0.1, -0.05) is 49.6 Å². The molecule has 4 rings (SSSR count). The van der Waals surface area contributed by atoms with Crippen LogP contribution in [0.15, 0.2) is 30.3 Å². The zero-order valence-corrected chi connectivity index (χ0v) is 14.4. The summed E-state index contributed by atoms with van der Waals surface area (Å²) in [5.41, 5.74) is 3.08. The quantitative estimate of drug-likeness (QED) is 0.903. The van der Waals surface area contributed by atoms with Gasteiger partial charge < -0.3 is 15.0 Å². The van der Waals surface area contributed by atoms with Crippen molar-refractivity contribution >= 4 is 5.91 Å². The third-order valence-electron chi connectivity index (χ3n) is 5.54. The van der Waals surface area contributed by atoms with Gasteiger partial charge in [-0.2, -0.15) is 0 Å². The van der Waals surface area contributed by atoms with Crippen LogP contribution in [-0.4, -0.2) is 38.5 Å². The van der Waals surface area contributed by atoms with Crippen molar-refractivity contribution in [1.82, 2.24) is 14.9 Å². The maximum Gasteiger partial charge on any atom is 0.252 e. The maximum atomic E-state index is 12.7. The summed E-state index contributed by atoms with van der Waals surface area (Å²) < 4.78 is 0. The standard InChI is InChI=1S/C20H25N3O2/c24-18(14-7-3-1-4-8-14)20(25)23-12-11-16-17(13-23)22-19(21-16)15-9-5-2-6-10-15/h2,5-6,9-10,14,18,24H,1,3-4,7-8,11-13H2,(H,21,22)/t18-/m1/s1. The molecule has 1 aromatic heterocycles. The van der Waals surface area contributed by atoms with Crippen LogP contribution >= 0.6 is 0 Å². The molecule has 1 atom stereocenters. The predicted molar refractivity (Wildman–Crippen MR) is 95.7 cm³/mol. The number of aliphatic hydroxyl groups excluding tert-OH is 1. The Kier molecular flexibility index (Phi) is 4.57. The molecule has 132 valence electrons. The molecule has 5 heteroatoms. The molecule has 1 saturated carbocycles.